The van der Waals surface area contributed by atoms with E-state index in [1.54, 1.807) is 0 Å². The molecule has 11 heteroatoms. The molecule has 170 valence electrons. The van der Waals surface area contributed by atoms with Crippen molar-refractivity contribution in [2.45, 2.75) is 12.8 Å². The SMILES string of the molecule is COc1cc2c(c(F)n1)-c1cc(F)cnc1[C@@H](C)C(=O)N2CC(=O)Nc1ccc(Cl)c(F)c1. The Kier molecular flexibility index (Phi) is 5.94. The van der Waals surface area contributed by atoms with E-state index >= 15 is 4.39 Å². The van der Waals surface area contributed by atoms with E-state index in [-0.39, 0.29) is 39.1 Å². The summed E-state index contributed by atoms with van der Waals surface area (Å²) in [5, 5.41) is 2.35. The van der Waals surface area contributed by atoms with Crippen molar-refractivity contribution in [1.82, 2.24) is 9.97 Å². The van der Waals surface area contributed by atoms with Gasteiger partial charge in [-0.15, -0.1) is 0 Å². The largest absolute Gasteiger partial charge is 0.481 e. The van der Waals surface area contributed by atoms with Crippen molar-refractivity contribution in [3.63, 3.8) is 0 Å². The van der Waals surface area contributed by atoms with E-state index in [4.69, 9.17) is 16.3 Å². The summed E-state index contributed by atoms with van der Waals surface area (Å²) in [5.74, 6) is -4.84. The highest BCUT2D eigenvalue weighted by atomic mass is 35.5. The van der Waals surface area contributed by atoms with Gasteiger partial charge in [-0.2, -0.15) is 9.37 Å². The highest BCUT2D eigenvalue weighted by Crippen LogP contribution is 2.42. The van der Waals surface area contributed by atoms with Gasteiger partial charge in [0.1, 0.15) is 18.2 Å². The number of rotatable bonds is 4. The first-order valence-corrected chi connectivity index (χ1v) is 10.0. The van der Waals surface area contributed by atoms with Gasteiger partial charge in [-0.25, -0.2) is 8.78 Å². The van der Waals surface area contributed by atoms with Crippen LogP contribution in [0.1, 0.15) is 18.5 Å². The van der Waals surface area contributed by atoms with Crippen LogP contribution >= 0.6 is 11.6 Å². The quantitative estimate of drug-likeness (QED) is 0.567. The molecule has 3 heterocycles. The molecule has 2 amide bonds. The predicted molar refractivity (Wildman–Crippen MR) is 115 cm³/mol. The number of methoxy groups -OCH3 is 1. The van der Waals surface area contributed by atoms with E-state index in [2.05, 4.69) is 15.3 Å². The second-order valence-electron chi connectivity index (χ2n) is 7.26. The fourth-order valence-corrected chi connectivity index (χ4v) is 3.71. The molecule has 7 nitrogen and oxygen atoms in total. The monoisotopic (exact) mass is 476 g/mol. The number of anilines is 2. The first kappa shape index (κ1) is 22.5. The Bertz CT molecular complexity index is 1290. The summed E-state index contributed by atoms with van der Waals surface area (Å²) in [5.41, 5.74) is 0.0564. The number of hydrogen-bond acceptors (Lipinski definition) is 5. The van der Waals surface area contributed by atoms with E-state index in [0.29, 0.717) is 0 Å². The summed E-state index contributed by atoms with van der Waals surface area (Å²) in [6, 6.07) is 6.01. The van der Waals surface area contributed by atoms with Gasteiger partial charge in [0.25, 0.3) is 0 Å². The molecule has 4 rings (SSSR count). The van der Waals surface area contributed by atoms with Crippen molar-refractivity contribution in [3.05, 3.63) is 64.8 Å². The number of halogens is 4. The molecule has 0 aliphatic carbocycles. The lowest BCUT2D eigenvalue weighted by atomic mass is 9.98. The van der Waals surface area contributed by atoms with E-state index in [9.17, 15) is 18.4 Å². The number of fused-ring (bicyclic) bond motifs is 3. The molecule has 0 saturated carbocycles. The topological polar surface area (TPSA) is 84.4 Å². The van der Waals surface area contributed by atoms with Crippen LogP contribution in [0.4, 0.5) is 24.5 Å². The molecule has 0 fully saturated rings. The van der Waals surface area contributed by atoms with Gasteiger partial charge in [-0.05, 0) is 31.2 Å². The Balaban J connectivity index is 1.79. The minimum absolute atomic E-state index is 0.0419. The summed E-state index contributed by atoms with van der Waals surface area (Å²) in [4.78, 5) is 34.8. The van der Waals surface area contributed by atoms with Gasteiger partial charge in [0.05, 0.1) is 41.2 Å². The normalized spacial score (nSPS) is 14.9. The standard InChI is InChI=1S/C22H16ClF3N4O3/c1-10-20-13(5-11(24)8-27-20)19-16(7-18(33-2)29-21(19)26)30(22(10)32)9-17(31)28-12-3-4-14(23)15(25)6-12/h3-8,10H,9H2,1-2H3,(H,28,31)/t10-/m1/s1. The lowest BCUT2D eigenvalue weighted by molar-refractivity contribution is -0.122. The smallest absolute Gasteiger partial charge is 0.244 e. The molecule has 1 aliphatic heterocycles. The number of carbonyl (C=O) groups is 2. The van der Waals surface area contributed by atoms with Crippen molar-refractivity contribution in [3.8, 4) is 17.0 Å². The van der Waals surface area contributed by atoms with Gasteiger partial charge >= 0.3 is 0 Å². The molecule has 0 radical (unpaired) electrons. The summed E-state index contributed by atoms with van der Waals surface area (Å²) < 4.78 is 47.8. The lowest BCUT2D eigenvalue weighted by Crippen LogP contribution is -2.40. The zero-order valence-corrected chi connectivity index (χ0v) is 18.1. The van der Waals surface area contributed by atoms with E-state index < -0.39 is 41.9 Å². The number of benzene rings is 1. The average Bonchev–Trinajstić information content (AvgIpc) is 2.85. The van der Waals surface area contributed by atoms with Crippen LogP contribution in [0.2, 0.25) is 5.02 Å². The maximum Gasteiger partial charge on any atom is 0.244 e. The van der Waals surface area contributed by atoms with E-state index in [1.807, 2.05) is 0 Å². The molecular formula is C22H16ClF3N4O3. The van der Waals surface area contributed by atoms with Crippen LogP contribution in [-0.4, -0.2) is 35.4 Å². The number of amides is 2. The Morgan fingerprint density at radius 3 is 2.70 bits per heavy atom. The van der Waals surface area contributed by atoms with Crippen LogP contribution in [0.3, 0.4) is 0 Å². The van der Waals surface area contributed by atoms with E-state index in [0.717, 1.165) is 23.2 Å². The highest BCUT2D eigenvalue weighted by molar-refractivity contribution is 6.30. The van der Waals surface area contributed by atoms with Gasteiger partial charge in [0, 0.05) is 17.3 Å². The van der Waals surface area contributed by atoms with E-state index in [1.165, 1.54) is 32.2 Å². The predicted octanol–water partition coefficient (Wildman–Crippen LogP) is 4.31. The first-order valence-electron chi connectivity index (χ1n) is 9.66. The number of nitrogens with one attached hydrogen (secondary N) is 1. The summed E-state index contributed by atoms with van der Waals surface area (Å²) >= 11 is 5.65. The maximum atomic E-state index is 15.1. The second-order valence-corrected chi connectivity index (χ2v) is 7.67. The van der Waals surface area contributed by atoms with Crippen LogP contribution in [-0.2, 0) is 9.59 Å². The summed E-state index contributed by atoms with van der Waals surface area (Å²) in [6.07, 6.45) is 0.925. The van der Waals surface area contributed by atoms with Crippen molar-refractivity contribution in [2.24, 2.45) is 0 Å². The fourth-order valence-electron chi connectivity index (χ4n) is 3.59. The molecule has 33 heavy (non-hydrogen) atoms. The number of hydrogen-bond donors (Lipinski definition) is 1. The number of aromatic nitrogens is 2. The zero-order valence-electron chi connectivity index (χ0n) is 17.3. The Labute approximate surface area is 191 Å². The van der Waals surface area contributed by atoms with Crippen molar-refractivity contribution < 1.29 is 27.5 Å². The van der Waals surface area contributed by atoms with Crippen LogP contribution in [0.25, 0.3) is 11.1 Å². The average molecular weight is 477 g/mol. The van der Waals surface area contributed by atoms with Crippen LogP contribution in [0.5, 0.6) is 5.88 Å². The first-order chi connectivity index (χ1) is 15.7. The van der Waals surface area contributed by atoms with Crippen molar-refractivity contribution >= 4 is 34.8 Å². The Morgan fingerprint density at radius 1 is 1.24 bits per heavy atom. The van der Waals surface area contributed by atoms with Crippen molar-refractivity contribution in [2.75, 3.05) is 23.9 Å². The third-order valence-corrected chi connectivity index (χ3v) is 5.44. The molecule has 1 aliphatic rings. The minimum atomic E-state index is -1.02. The molecule has 0 saturated heterocycles. The summed E-state index contributed by atoms with van der Waals surface area (Å²) in [7, 11) is 1.26. The van der Waals surface area contributed by atoms with Gasteiger partial charge in [0.15, 0.2) is 0 Å². The molecule has 0 unspecified atom stereocenters. The number of nitrogens with zero attached hydrogens (tertiary/aromatic N) is 3. The molecule has 0 spiro atoms. The molecular weight excluding hydrogens is 461 g/mol. The number of carbonyl (C=O) groups excluding carboxylic acids is 2. The third kappa shape index (κ3) is 4.21. The van der Waals surface area contributed by atoms with Crippen LogP contribution in [0, 0.1) is 17.6 Å². The van der Waals surface area contributed by atoms with Gasteiger partial charge < -0.3 is 15.0 Å². The van der Waals surface area contributed by atoms with Gasteiger partial charge in [-0.3, -0.25) is 14.6 Å². The second kappa shape index (κ2) is 8.70. The fraction of sp³-hybridized carbons (Fsp3) is 0.182. The highest BCUT2D eigenvalue weighted by Gasteiger charge is 2.36. The number of pyridine rings is 2. The van der Waals surface area contributed by atoms with Crippen molar-refractivity contribution in [1.29, 1.82) is 0 Å². The molecule has 1 aromatic carbocycles. The molecule has 3 aromatic rings. The number of ether oxygens (including phenoxy) is 1. The Morgan fingerprint density at radius 2 is 2.00 bits per heavy atom. The zero-order chi connectivity index (χ0) is 23.9. The Hall–Kier alpha value is -3.66. The summed E-state index contributed by atoms with van der Waals surface area (Å²) in [6.45, 7) is 0.962. The van der Waals surface area contributed by atoms with Crippen LogP contribution < -0.4 is 15.0 Å². The minimum Gasteiger partial charge on any atom is -0.481 e. The maximum absolute atomic E-state index is 15.1. The third-order valence-electron chi connectivity index (χ3n) is 5.14. The van der Waals surface area contributed by atoms with Crippen LogP contribution in [0.15, 0.2) is 36.5 Å². The molecule has 2 aromatic heterocycles. The lowest BCUT2D eigenvalue weighted by Gasteiger charge is -2.24. The van der Waals surface area contributed by atoms with Gasteiger partial charge in [0.2, 0.25) is 23.6 Å². The molecule has 1 N–H and O–H groups in total. The van der Waals surface area contributed by atoms with Gasteiger partial charge in [-0.1, -0.05) is 11.6 Å². The molecule has 1 atom stereocenters. The molecule has 0 bridgehead atoms.